The second kappa shape index (κ2) is 5.74. The number of thioether (sulfide) groups is 1. The zero-order valence-corrected chi connectivity index (χ0v) is 11.0. The van der Waals surface area contributed by atoms with Crippen molar-refractivity contribution in [1.82, 2.24) is 15.3 Å². The fraction of sp³-hybridized carbons (Fsp3) is 0.300. The molecule has 2 rings (SSSR count). The van der Waals surface area contributed by atoms with Crippen molar-refractivity contribution in [3.63, 3.8) is 0 Å². The highest BCUT2D eigenvalue weighted by Crippen LogP contribution is 2.27. The molecule has 0 spiro atoms. The molecule has 0 aliphatic heterocycles. The molecular weight excluding hydrogens is 299 g/mol. The lowest BCUT2D eigenvalue weighted by Crippen LogP contribution is -2.34. The highest BCUT2D eigenvalue weighted by atomic mass is 32.2. The van der Waals surface area contributed by atoms with Crippen LogP contribution >= 0.6 is 23.1 Å². The maximum atomic E-state index is 11.9. The molecule has 1 N–H and O–H groups in total. The van der Waals surface area contributed by atoms with E-state index < -0.39 is 18.6 Å². The van der Waals surface area contributed by atoms with E-state index in [2.05, 4.69) is 9.97 Å². The normalized spacial score (nSPS) is 11.7. The Balaban J connectivity index is 1.92. The van der Waals surface area contributed by atoms with Crippen LogP contribution in [0.4, 0.5) is 13.2 Å². The van der Waals surface area contributed by atoms with Gasteiger partial charge < -0.3 is 5.32 Å². The summed E-state index contributed by atoms with van der Waals surface area (Å²) >= 11 is 2.53. The fourth-order valence-electron chi connectivity index (χ4n) is 1.27. The summed E-state index contributed by atoms with van der Waals surface area (Å²) in [4.78, 5) is 20.1. The van der Waals surface area contributed by atoms with Crippen LogP contribution in [0.25, 0.3) is 10.2 Å². The van der Waals surface area contributed by atoms with Gasteiger partial charge in [-0.15, -0.1) is 11.3 Å². The molecule has 2 heterocycles. The van der Waals surface area contributed by atoms with E-state index in [9.17, 15) is 18.0 Å². The Morgan fingerprint density at radius 3 is 2.95 bits per heavy atom. The third kappa shape index (κ3) is 4.06. The summed E-state index contributed by atoms with van der Waals surface area (Å²) in [6.07, 6.45) is -3.02. The highest BCUT2D eigenvalue weighted by molar-refractivity contribution is 8.00. The van der Waals surface area contributed by atoms with Crippen molar-refractivity contribution in [3.8, 4) is 0 Å². The Kier molecular flexibility index (Phi) is 4.25. The molecule has 0 aliphatic rings. The topological polar surface area (TPSA) is 54.9 Å². The molecule has 102 valence electrons. The number of fused-ring (bicyclic) bond motifs is 1. The van der Waals surface area contributed by atoms with Crippen molar-refractivity contribution in [2.24, 2.45) is 0 Å². The average Bonchev–Trinajstić information content (AvgIpc) is 2.81. The van der Waals surface area contributed by atoms with Gasteiger partial charge >= 0.3 is 6.18 Å². The Hall–Kier alpha value is -1.35. The minimum Gasteiger partial charge on any atom is -0.346 e. The maximum Gasteiger partial charge on any atom is 0.405 e. The van der Waals surface area contributed by atoms with Gasteiger partial charge in [-0.2, -0.15) is 13.2 Å². The number of hydrogen-bond acceptors (Lipinski definition) is 5. The van der Waals surface area contributed by atoms with Crippen LogP contribution in [-0.2, 0) is 4.79 Å². The van der Waals surface area contributed by atoms with Crippen LogP contribution in [0.2, 0.25) is 0 Å². The minimum absolute atomic E-state index is 0.113. The minimum atomic E-state index is -4.39. The van der Waals surface area contributed by atoms with Gasteiger partial charge in [0.1, 0.15) is 22.7 Å². The number of carbonyl (C=O) groups is 1. The van der Waals surface area contributed by atoms with Crippen LogP contribution < -0.4 is 5.32 Å². The quantitative estimate of drug-likeness (QED) is 0.696. The summed E-state index contributed by atoms with van der Waals surface area (Å²) in [7, 11) is 0. The van der Waals surface area contributed by atoms with Gasteiger partial charge in [-0.25, -0.2) is 9.97 Å². The predicted molar refractivity (Wildman–Crippen MR) is 67.2 cm³/mol. The van der Waals surface area contributed by atoms with E-state index in [-0.39, 0.29) is 5.75 Å². The van der Waals surface area contributed by atoms with E-state index in [1.54, 1.807) is 0 Å². The Bertz CT molecular complexity index is 585. The second-order valence-electron chi connectivity index (χ2n) is 3.50. The summed E-state index contributed by atoms with van der Waals surface area (Å²) < 4.78 is 35.7. The van der Waals surface area contributed by atoms with Gasteiger partial charge in [0.25, 0.3) is 0 Å². The first-order chi connectivity index (χ1) is 8.96. The zero-order valence-electron chi connectivity index (χ0n) is 9.40. The molecule has 19 heavy (non-hydrogen) atoms. The molecule has 0 atom stereocenters. The first kappa shape index (κ1) is 14.1. The van der Waals surface area contributed by atoms with Gasteiger partial charge in [0.15, 0.2) is 0 Å². The molecule has 2 aromatic rings. The van der Waals surface area contributed by atoms with E-state index in [4.69, 9.17) is 0 Å². The van der Waals surface area contributed by atoms with Crippen molar-refractivity contribution >= 4 is 39.2 Å². The van der Waals surface area contributed by atoms with E-state index >= 15 is 0 Å². The second-order valence-corrected chi connectivity index (χ2v) is 5.36. The molecule has 0 radical (unpaired) electrons. The van der Waals surface area contributed by atoms with E-state index in [0.717, 1.165) is 22.0 Å². The highest BCUT2D eigenvalue weighted by Gasteiger charge is 2.27. The number of aromatic nitrogens is 2. The molecule has 4 nitrogen and oxygen atoms in total. The van der Waals surface area contributed by atoms with Gasteiger partial charge in [0, 0.05) is 5.39 Å². The van der Waals surface area contributed by atoms with Gasteiger partial charge in [-0.3, -0.25) is 4.79 Å². The van der Waals surface area contributed by atoms with Crippen molar-refractivity contribution in [1.29, 1.82) is 0 Å². The Morgan fingerprint density at radius 2 is 2.21 bits per heavy atom. The molecule has 0 aromatic carbocycles. The van der Waals surface area contributed by atoms with Crippen LogP contribution in [0.1, 0.15) is 0 Å². The third-order valence-electron chi connectivity index (χ3n) is 2.05. The lowest BCUT2D eigenvalue weighted by atomic mass is 10.4. The summed E-state index contributed by atoms with van der Waals surface area (Å²) in [5.41, 5.74) is 0. The number of nitrogens with one attached hydrogen (secondary N) is 1. The van der Waals surface area contributed by atoms with Crippen LogP contribution in [0.3, 0.4) is 0 Å². The fourth-order valence-corrected chi connectivity index (χ4v) is 2.88. The SMILES string of the molecule is O=C(CSc1ncnc2sccc12)NCC(F)(F)F. The largest absolute Gasteiger partial charge is 0.405 e. The average molecular weight is 307 g/mol. The number of alkyl halides is 3. The summed E-state index contributed by atoms with van der Waals surface area (Å²) in [5.74, 6) is -0.790. The van der Waals surface area contributed by atoms with E-state index in [0.29, 0.717) is 5.03 Å². The van der Waals surface area contributed by atoms with E-state index in [1.807, 2.05) is 16.8 Å². The number of halogens is 3. The lowest BCUT2D eigenvalue weighted by Gasteiger charge is -2.07. The molecule has 0 aliphatic carbocycles. The summed E-state index contributed by atoms with van der Waals surface area (Å²) in [6.45, 7) is -1.32. The van der Waals surface area contributed by atoms with Crippen molar-refractivity contribution < 1.29 is 18.0 Å². The summed E-state index contributed by atoms with van der Waals surface area (Å²) in [6, 6.07) is 1.82. The van der Waals surface area contributed by atoms with Crippen LogP contribution in [0, 0.1) is 0 Å². The molecule has 0 saturated carbocycles. The van der Waals surface area contributed by atoms with Crippen molar-refractivity contribution in [3.05, 3.63) is 17.8 Å². The first-order valence-corrected chi connectivity index (χ1v) is 6.97. The number of carbonyl (C=O) groups excluding carboxylic acids is 1. The molecule has 0 bridgehead atoms. The Labute approximate surface area is 114 Å². The first-order valence-electron chi connectivity index (χ1n) is 5.10. The predicted octanol–water partition coefficient (Wildman–Crippen LogP) is 2.46. The van der Waals surface area contributed by atoms with Crippen LogP contribution in [0.15, 0.2) is 22.8 Å². The third-order valence-corrected chi connectivity index (χ3v) is 3.88. The standard InChI is InChI=1S/C10H8F3N3OS2/c11-10(12,13)4-14-7(17)3-19-9-6-1-2-18-8(6)15-5-16-9/h1-2,5H,3-4H2,(H,14,17). The van der Waals surface area contributed by atoms with E-state index in [1.165, 1.54) is 17.7 Å². The smallest absolute Gasteiger partial charge is 0.346 e. The monoisotopic (exact) mass is 307 g/mol. The van der Waals surface area contributed by atoms with Crippen LogP contribution in [-0.4, -0.2) is 34.3 Å². The number of rotatable bonds is 4. The molecule has 0 fully saturated rings. The zero-order chi connectivity index (χ0) is 13.9. The van der Waals surface area contributed by atoms with Gasteiger partial charge in [0.2, 0.25) is 5.91 Å². The number of nitrogens with zero attached hydrogens (tertiary/aromatic N) is 2. The number of amides is 1. The molecular formula is C10H8F3N3OS2. The van der Waals surface area contributed by atoms with Crippen LogP contribution in [0.5, 0.6) is 0 Å². The maximum absolute atomic E-state index is 11.9. The molecule has 0 unspecified atom stereocenters. The van der Waals surface area contributed by atoms with Gasteiger partial charge in [-0.1, -0.05) is 11.8 Å². The lowest BCUT2D eigenvalue weighted by molar-refractivity contribution is -0.136. The van der Waals surface area contributed by atoms with Gasteiger partial charge in [0.05, 0.1) is 5.75 Å². The molecule has 9 heteroatoms. The van der Waals surface area contributed by atoms with Crippen molar-refractivity contribution in [2.75, 3.05) is 12.3 Å². The van der Waals surface area contributed by atoms with Crippen molar-refractivity contribution in [2.45, 2.75) is 11.2 Å². The van der Waals surface area contributed by atoms with Gasteiger partial charge in [-0.05, 0) is 11.4 Å². The molecule has 0 saturated heterocycles. The molecule has 1 amide bonds. The molecule has 2 aromatic heterocycles. The summed E-state index contributed by atoms with van der Waals surface area (Å²) in [5, 5.41) is 5.05. The number of thiophene rings is 1. The Morgan fingerprint density at radius 1 is 1.42 bits per heavy atom. The number of hydrogen-bond donors (Lipinski definition) is 1.